The number of carbonyl (C=O) groups is 1. The van der Waals surface area contributed by atoms with Gasteiger partial charge in [0.05, 0.1) is 11.7 Å². The zero-order valence-electron chi connectivity index (χ0n) is 13.8. The maximum absolute atomic E-state index is 12.8. The van der Waals surface area contributed by atoms with Gasteiger partial charge < -0.3 is 10.2 Å². The smallest absolute Gasteiger partial charge is 0.321 e. The Morgan fingerprint density at radius 1 is 1.26 bits per heavy atom. The molecule has 1 aliphatic carbocycles. The second-order valence-electron chi connectivity index (χ2n) is 8.24. The van der Waals surface area contributed by atoms with Crippen molar-refractivity contribution < 1.29 is 4.79 Å². The summed E-state index contributed by atoms with van der Waals surface area (Å²) in [6.07, 6.45) is 3.40. The first-order valence-electron chi connectivity index (χ1n) is 8.14. The van der Waals surface area contributed by atoms with Gasteiger partial charge in [0.1, 0.15) is 11.0 Å². The van der Waals surface area contributed by atoms with E-state index in [0.29, 0.717) is 11.5 Å². The lowest BCUT2D eigenvalue weighted by molar-refractivity contribution is 0.130. The summed E-state index contributed by atoms with van der Waals surface area (Å²) in [7, 11) is 0. The number of aromatic nitrogens is 2. The van der Waals surface area contributed by atoms with Gasteiger partial charge in [-0.25, -0.2) is 4.79 Å². The van der Waals surface area contributed by atoms with Crippen LogP contribution in [-0.2, 0) is 0 Å². The Kier molecular flexibility index (Phi) is 3.17. The molecule has 122 valence electrons. The summed E-state index contributed by atoms with van der Waals surface area (Å²) in [6.45, 7) is 7.82. The fourth-order valence-corrected chi connectivity index (χ4v) is 5.27. The molecule has 1 aliphatic heterocycles. The lowest BCUT2D eigenvalue weighted by atomic mass is 9.65. The van der Waals surface area contributed by atoms with Crippen molar-refractivity contribution in [2.45, 2.75) is 46.1 Å². The predicted molar refractivity (Wildman–Crippen MR) is 92.7 cm³/mol. The van der Waals surface area contributed by atoms with E-state index in [2.05, 4.69) is 34.8 Å². The summed E-state index contributed by atoms with van der Waals surface area (Å²) in [5, 5.41) is 3.05. The van der Waals surface area contributed by atoms with Gasteiger partial charge in [-0.2, -0.15) is 8.75 Å². The van der Waals surface area contributed by atoms with Crippen molar-refractivity contribution in [1.82, 2.24) is 13.6 Å². The average Bonchev–Trinajstić information content (AvgIpc) is 2.99. The number of fused-ring (bicyclic) bond motifs is 3. The Balaban J connectivity index is 1.53. The number of carbonyl (C=O) groups excluding carboxylic acids is 1. The molecule has 1 N–H and O–H groups in total. The van der Waals surface area contributed by atoms with E-state index < -0.39 is 0 Å². The van der Waals surface area contributed by atoms with Crippen LogP contribution in [0, 0.1) is 10.8 Å². The van der Waals surface area contributed by atoms with Crippen molar-refractivity contribution in [3.63, 3.8) is 0 Å². The van der Waals surface area contributed by atoms with Crippen LogP contribution in [0.5, 0.6) is 0 Å². The summed E-state index contributed by atoms with van der Waals surface area (Å²) in [5.74, 6) is 0. The molecule has 2 heterocycles. The highest BCUT2D eigenvalue weighted by Gasteiger charge is 2.50. The first-order valence-corrected chi connectivity index (χ1v) is 8.87. The van der Waals surface area contributed by atoms with Crippen molar-refractivity contribution in [1.29, 1.82) is 0 Å². The van der Waals surface area contributed by atoms with Gasteiger partial charge in [0, 0.05) is 18.3 Å². The van der Waals surface area contributed by atoms with E-state index in [1.165, 1.54) is 18.1 Å². The number of benzene rings is 1. The van der Waals surface area contributed by atoms with Crippen molar-refractivity contribution in [3.8, 4) is 0 Å². The number of nitrogens with zero attached hydrogens (tertiary/aromatic N) is 3. The van der Waals surface area contributed by atoms with Crippen LogP contribution in [0.25, 0.3) is 11.0 Å². The number of rotatable bonds is 1. The maximum Gasteiger partial charge on any atom is 0.322 e. The predicted octanol–water partition coefficient (Wildman–Crippen LogP) is 4.12. The van der Waals surface area contributed by atoms with Crippen LogP contribution in [0.1, 0.15) is 40.0 Å². The van der Waals surface area contributed by atoms with Crippen LogP contribution in [-0.4, -0.2) is 32.3 Å². The standard InChI is InChI=1S/C17H22N4OS/c1-16(2)7-12-8-17(3,9-16)10-21(12)15(22)18-11-4-5-13-14(6-11)20-23-19-13/h4-6,12H,7-10H2,1-3H3,(H,18,22). The third-order valence-electron chi connectivity index (χ3n) is 5.18. The summed E-state index contributed by atoms with van der Waals surface area (Å²) < 4.78 is 8.43. The molecule has 1 aromatic carbocycles. The van der Waals surface area contributed by atoms with Gasteiger partial charge in [-0.15, -0.1) is 0 Å². The Morgan fingerprint density at radius 2 is 2.04 bits per heavy atom. The fourth-order valence-electron chi connectivity index (χ4n) is 4.75. The highest BCUT2D eigenvalue weighted by molar-refractivity contribution is 7.00. The summed E-state index contributed by atoms with van der Waals surface area (Å²) in [4.78, 5) is 14.8. The number of anilines is 1. The van der Waals surface area contributed by atoms with E-state index in [1.807, 2.05) is 23.1 Å². The molecule has 0 radical (unpaired) electrons. The number of hydrogen-bond acceptors (Lipinski definition) is 4. The van der Waals surface area contributed by atoms with E-state index >= 15 is 0 Å². The van der Waals surface area contributed by atoms with Crippen LogP contribution < -0.4 is 5.32 Å². The first kappa shape index (κ1) is 14.9. The van der Waals surface area contributed by atoms with Gasteiger partial charge in [0.2, 0.25) is 0 Å². The van der Waals surface area contributed by atoms with Gasteiger partial charge in [-0.3, -0.25) is 0 Å². The molecule has 2 fully saturated rings. The Hall–Kier alpha value is -1.69. The minimum Gasteiger partial charge on any atom is -0.321 e. The molecule has 1 saturated heterocycles. The molecule has 5 nitrogen and oxygen atoms in total. The number of hydrogen-bond donors (Lipinski definition) is 1. The zero-order valence-corrected chi connectivity index (χ0v) is 14.6. The summed E-state index contributed by atoms with van der Waals surface area (Å²) in [5.41, 5.74) is 3.08. The number of likely N-dealkylation sites (tertiary alicyclic amines) is 1. The third-order valence-corrected chi connectivity index (χ3v) is 5.74. The lowest BCUT2D eigenvalue weighted by Crippen LogP contribution is -2.40. The molecule has 1 saturated carbocycles. The first-order chi connectivity index (χ1) is 10.8. The molecular formula is C17H22N4OS. The Bertz CT molecular complexity index is 771. The molecule has 0 spiro atoms. The van der Waals surface area contributed by atoms with Gasteiger partial charge in [-0.05, 0) is 48.3 Å². The summed E-state index contributed by atoms with van der Waals surface area (Å²) in [6, 6.07) is 6.06. The van der Waals surface area contributed by atoms with Crippen LogP contribution in [0.2, 0.25) is 0 Å². The second-order valence-corrected chi connectivity index (χ2v) is 8.77. The second kappa shape index (κ2) is 4.90. The Labute approximate surface area is 140 Å². The van der Waals surface area contributed by atoms with Crippen LogP contribution in [0.3, 0.4) is 0 Å². The van der Waals surface area contributed by atoms with E-state index in [1.54, 1.807) is 0 Å². The largest absolute Gasteiger partial charge is 0.322 e. The molecular weight excluding hydrogens is 308 g/mol. The number of nitrogens with one attached hydrogen (secondary N) is 1. The van der Waals surface area contributed by atoms with E-state index in [-0.39, 0.29) is 11.4 Å². The van der Waals surface area contributed by atoms with Crippen LogP contribution in [0.15, 0.2) is 18.2 Å². The monoisotopic (exact) mass is 330 g/mol. The topological polar surface area (TPSA) is 58.1 Å². The number of urea groups is 1. The van der Waals surface area contributed by atoms with Gasteiger partial charge in [0.15, 0.2) is 0 Å². The van der Waals surface area contributed by atoms with E-state index in [0.717, 1.165) is 36.1 Å². The minimum atomic E-state index is 0.0129. The SMILES string of the molecule is CC1(C)CC2CC(C)(CN2C(=O)Nc2ccc3nsnc3c2)C1. The van der Waals surface area contributed by atoms with Crippen LogP contribution >= 0.6 is 11.7 Å². The zero-order chi connectivity index (χ0) is 16.2. The van der Waals surface area contributed by atoms with E-state index in [9.17, 15) is 4.79 Å². The molecule has 2 atom stereocenters. The Morgan fingerprint density at radius 3 is 2.87 bits per heavy atom. The molecule has 23 heavy (non-hydrogen) atoms. The molecule has 2 amide bonds. The van der Waals surface area contributed by atoms with Crippen molar-refractivity contribution in [3.05, 3.63) is 18.2 Å². The molecule has 2 aromatic rings. The molecule has 2 bridgehead atoms. The quantitative estimate of drug-likeness (QED) is 0.855. The van der Waals surface area contributed by atoms with Crippen molar-refractivity contribution in [2.75, 3.05) is 11.9 Å². The third kappa shape index (κ3) is 2.69. The van der Waals surface area contributed by atoms with E-state index in [4.69, 9.17) is 0 Å². The average molecular weight is 330 g/mol. The number of amides is 2. The van der Waals surface area contributed by atoms with Crippen molar-refractivity contribution >= 4 is 34.5 Å². The minimum absolute atomic E-state index is 0.0129. The van der Waals surface area contributed by atoms with Gasteiger partial charge >= 0.3 is 6.03 Å². The van der Waals surface area contributed by atoms with Crippen molar-refractivity contribution in [2.24, 2.45) is 10.8 Å². The van der Waals surface area contributed by atoms with Gasteiger partial charge in [-0.1, -0.05) is 20.8 Å². The molecule has 2 aliphatic rings. The normalized spacial score (nSPS) is 29.0. The molecule has 6 heteroatoms. The molecule has 4 rings (SSSR count). The highest BCUT2D eigenvalue weighted by Crippen LogP contribution is 2.52. The summed E-state index contributed by atoms with van der Waals surface area (Å²) >= 11 is 1.19. The fraction of sp³-hybridized carbons (Fsp3) is 0.588. The van der Waals surface area contributed by atoms with Gasteiger partial charge in [0.25, 0.3) is 0 Å². The molecule has 1 aromatic heterocycles. The lowest BCUT2D eigenvalue weighted by Gasteiger charge is -2.39. The molecule has 2 unspecified atom stereocenters. The highest BCUT2D eigenvalue weighted by atomic mass is 32.1. The van der Waals surface area contributed by atoms with Crippen LogP contribution in [0.4, 0.5) is 10.5 Å². The maximum atomic E-state index is 12.8.